The summed E-state index contributed by atoms with van der Waals surface area (Å²) in [4.78, 5) is 0. The standard InChI is InChI=1S/C15H25BrN2O2/c1-2-10-20-15-5-4-14(16)11-13(15)12-18-7-3-6-17-8-9-19/h4-5,11,17-19H,2-3,6-10,12H2,1H3. The highest BCUT2D eigenvalue weighted by atomic mass is 79.9. The van der Waals surface area contributed by atoms with Gasteiger partial charge in [-0.05, 0) is 44.1 Å². The summed E-state index contributed by atoms with van der Waals surface area (Å²) in [5.74, 6) is 0.959. The highest BCUT2D eigenvalue weighted by Crippen LogP contribution is 2.23. The number of hydrogen-bond donors (Lipinski definition) is 3. The van der Waals surface area contributed by atoms with E-state index in [1.165, 1.54) is 5.56 Å². The minimum Gasteiger partial charge on any atom is -0.493 e. The molecule has 0 radical (unpaired) electrons. The molecule has 5 heteroatoms. The second kappa shape index (κ2) is 11.1. The SMILES string of the molecule is CCCOc1ccc(Br)cc1CNCCCNCCO. The van der Waals surface area contributed by atoms with E-state index < -0.39 is 0 Å². The Hall–Kier alpha value is -0.620. The van der Waals surface area contributed by atoms with E-state index in [-0.39, 0.29) is 6.61 Å². The topological polar surface area (TPSA) is 53.5 Å². The van der Waals surface area contributed by atoms with Crippen molar-refractivity contribution < 1.29 is 9.84 Å². The molecule has 0 amide bonds. The monoisotopic (exact) mass is 344 g/mol. The first-order valence-electron chi connectivity index (χ1n) is 7.21. The van der Waals surface area contributed by atoms with Gasteiger partial charge in [-0.25, -0.2) is 0 Å². The van der Waals surface area contributed by atoms with Crippen LogP contribution in [-0.4, -0.2) is 38.0 Å². The van der Waals surface area contributed by atoms with Gasteiger partial charge < -0.3 is 20.5 Å². The van der Waals surface area contributed by atoms with E-state index in [2.05, 4.69) is 39.6 Å². The maximum absolute atomic E-state index is 8.65. The Morgan fingerprint density at radius 2 is 2.00 bits per heavy atom. The summed E-state index contributed by atoms with van der Waals surface area (Å²) in [7, 11) is 0. The molecule has 0 aliphatic rings. The zero-order valence-corrected chi connectivity index (χ0v) is 13.7. The first-order valence-corrected chi connectivity index (χ1v) is 8.00. The number of aliphatic hydroxyl groups excluding tert-OH is 1. The minimum absolute atomic E-state index is 0.198. The van der Waals surface area contributed by atoms with Gasteiger partial charge in [0.25, 0.3) is 0 Å². The number of aliphatic hydroxyl groups is 1. The van der Waals surface area contributed by atoms with Crippen molar-refractivity contribution >= 4 is 15.9 Å². The van der Waals surface area contributed by atoms with Crippen molar-refractivity contribution in [2.24, 2.45) is 0 Å². The van der Waals surface area contributed by atoms with Gasteiger partial charge in [-0.3, -0.25) is 0 Å². The lowest BCUT2D eigenvalue weighted by Gasteiger charge is -2.12. The summed E-state index contributed by atoms with van der Waals surface area (Å²) < 4.78 is 6.82. The summed E-state index contributed by atoms with van der Waals surface area (Å²) in [6.07, 6.45) is 2.05. The fourth-order valence-corrected chi connectivity index (χ4v) is 2.21. The first kappa shape index (κ1) is 17.4. The van der Waals surface area contributed by atoms with Gasteiger partial charge in [0.2, 0.25) is 0 Å². The fourth-order valence-electron chi connectivity index (χ4n) is 1.80. The van der Waals surface area contributed by atoms with Crippen LogP contribution >= 0.6 is 15.9 Å². The molecule has 3 N–H and O–H groups in total. The normalized spacial score (nSPS) is 10.8. The van der Waals surface area contributed by atoms with Crippen molar-refractivity contribution in [3.63, 3.8) is 0 Å². The molecule has 4 nitrogen and oxygen atoms in total. The molecule has 0 saturated carbocycles. The quantitative estimate of drug-likeness (QED) is 0.539. The van der Waals surface area contributed by atoms with E-state index in [4.69, 9.17) is 9.84 Å². The van der Waals surface area contributed by atoms with Gasteiger partial charge in [-0.1, -0.05) is 22.9 Å². The van der Waals surface area contributed by atoms with Gasteiger partial charge >= 0.3 is 0 Å². The fraction of sp³-hybridized carbons (Fsp3) is 0.600. The molecule has 0 atom stereocenters. The van der Waals surface area contributed by atoms with Crippen LogP contribution in [-0.2, 0) is 6.54 Å². The van der Waals surface area contributed by atoms with Crippen LogP contribution in [0.4, 0.5) is 0 Å². The summed E-state index contributed by atoms with van der Waals surface area (Å²) in [5.41, 5.74) is 1.18. The molecule has 0 unspecified atom stereocenters. The molecular formula is C15H25BrN2O2. The molecule has 114 valence electrons. The molecule has 0 heterocycles. The lowest BCUT2D eigenvalue weighted by molar-refractivity contribution is 0.292. The Labute approximate surface area is 130 Å². The lowest BCUT2D eigenvalue weighted by Crippen LogP contribution is -2.24. The van der Waals surface area contributed by atoms with Gasteiger partial charge in [-0.2, -0.15) is 0 Å². The Morgan fingerprint density at radius 1 is 1.20 bits per heavy atom. The van der Waals surface area contributed by atoms with Crippen LogP contribution in [0.15, 0.2) is 22.7 Å². The Kier molecular flexibility index (Phi) is 9.66. The van der Waals surface area contributed by atoms with Crippen molar-refractivity contribution in [2.75, 3.05) is 32.8 Å². The predicted molar refractivity (Wildman–Crippen MR) is 86.2 cm³/mol. The number of nitrogens with one attached hydrogen (secondary N) is 2. The number of halogens is 1. The largest absolute Gasteiger partial charge is 0.493 e. The molecule has 0 saturated heterocycles. The van der Waals surface area contributed by atoms with Crippen LogP contribution in [0.1, 0.15) is 25.3 Å². The third-order valence-corrected chi connectivity index (χ3v) is 3.29. The van der Waals surface area contributed by atoms with E-state index in [1.807, 2.05) is 12.1 Å². The van der Waals surface area contributed by atoms with Crippen LogP contribution in [0.3, 0.4) is 0 Å². The zero-order valence-electron chi connectivity index (χ0n) is 12.1. The van der Waals surface area contributed by atoms with Crippen molar-refractivity contribution in [3.8, 4) is 5.75 Å². The Bertz CT molecular complexity index is 375. The van der Waals surface area contributed by atoms with E-state index in [0.29, 0.717) is 6.54 Å². The van der Waals surface area contributed by atoms with Gasteiger partial charge in [0.05, 0.1) is 13.2 Å². The Balaban J connectivity index is 2.32. The van der Waals surface area contributed by atoms with Gasteiger partial charge in [0.15, 0.2) is 0 Å². The lowest BCUT2D eigenvalue weighted by atomic mass is 10.2. The zero-order chi connectivity index (χ0) is 14.6. The minimum atomic E-state index is 0.198. The molecule has 1 rings (SSSR count). The molecule has 1 aromatic rings. The third-order valence-electron chi connectivity index (χ3n) is 2.80. The number of benzene rings is 1. The Morgan fingerprint density at radius 3 is 2.75 bits per heavy atom. The molecule has 0 spiro atoms. The summed E-state index contributed by atoms with van der Waals surface area (Å²) >= 11 is 3.50. The molecule has 20 heavy (non-hydrogen) atoms. The van der Waals surface area contributed by atoms with Crippen LogP contribution in [0.25, 0.3) is 0 Å². The summed E-state index contributed by atoms with van der Waals surface area (Å²) in [6.45, 7) is 6.39. The average Bonchev–Trinajstić information content (AvgIpc) is 2.45. The summed E-state index contributed by atoms with van der Waals surface area (Å²) in [6, 6.07) is 6.12. The highest BCUT2D eigenvalue weighted by molar-refractivity contribution is 9.10. The van der Waals surface area contributed by atoms with Gasteiger partial charge in [0.1, 0.15) is 5.75 Å². The third kappa shape index (κ3) is 7.24. The molecule has 1 aromatic carbocycles. The molecule has 0 aliphatic heterocycles. The smallest absolute Gasteiger partial charge is 0.123 e. The van der Waals surface area contributed by atoms with Crippen molar-refractivity contribution in [1.82, 2.24) is 10.6 Å². The van der Waals surface area contributed by atoms with E-state index >= 15 is 0 Å². The van der Waals surface area contributed by atoms with Crippen LogP contribution in [0, 0.1) is 0 Å². The molecular weight excluding hydrogens is 320 g/mol. The molecule has 0 aromatic heterocycles. The second-order valence-corrected chi connectivity index (χ2v) is 5.52. The predicted octanol–water partition coefficient (Wildman–Crippen LogP) is 2.30. The maximum atomic E-state index is 8.65. The maximum Gasteiger partial charge on any atom is 0.123 e. The van der Waals surface area contributed by atoms with Crippen molar-refractivity contribution in [2.45, 2.75) is 26.3 Å². The molecule has 0 aliphatic carbocycles. The number of hydrogen-bond acceptors (Lipinski definition) is 4. The first-order chi connectivity index (χ1) is 9.77. The van der Waals surface area contributed by atoms with Crippen LogP contribution < -0.4 is 15.4 Å². The van der Waals surface area contributed by atoms with Crippen LogP contribution in [0.2, 0.25) is 0 Å². The number of ether oxygens (including phenoxy) is 1. The average molecular weight is 345 g/mol. The van der Waals surface area contributed by atoms with Crippen LogP contribution in [0.5, 0.6) is 5.75 Å². The van der Waals surface area contributed by atoms with Gasteiger partial charge in [-0.15, -0.1) is 0 Å². The van der Waals surface area contributed by atoms with Crippen molar-refractivity contribution in [1.29, 1.82) is 0 Å². The molecule has 0 fully saturated rings. The van der Waals surface area contributed by atoms with E-state index in [9.17, 15) is 0 Å². The van der Waals surface area contributed by atoms with E-state index in [1.54, 1.807) is 0 Å². The van der Waals surface area contributed by atoms with Gasteiger partial charge in [0, 0.05) is 23.1 Å². The molecule has 0 bridgehead atoms. The summed E-state index contributed by atoms with van der Waals surface area (Å²) in [5, 5.41) is 15.2. The second-order valence-electron chi connectivity index (χ2n) is 4.60. The highest BCUT2D eigenvalue weighted by Gasteiger charge is 2.04. The number of rotatable bonds is 11. The van der Waals surface area contributed by atoms with E-state index in [0.717, 1.165) is 49.3 Å². The van der Waals surface area contributed by atoms with Crippen molar-refractivity contribution in [3.05, 3.63) is 28.2 Å².